The predicted octanol–water partition coefficient (Wildman–Crippen LogP) is 2.94. The highest BCUT2D eigenvalue weighted by Crippen LogP contribution is 2.26. The van der Waals surface area contributed by atoms with Gasteiger partial charge < -0.3 is 20.4 Å². The van der Waals surface area contributed by atoms with Crippen molar-refractivity contribution in [3.8, 4) is 5.75 Å². The third-order valence-corrected chi connectivity index (χ3v) is 5.45. The van der Waals surface area contributed by atoms with Crippen LogP contribution in [-0.2, 0) is 0 Å². The van der Waals surface area contributed by atoms with Crippen molar-refractivity contribution in [2.24, 2.45) is 0 Å². The van der Waals surface area contributed by atoms with Gasteiger partial charge in [0, 0.05) is 11.6 Å². The van der Waals surface area contributed by atoms with Crippen molar-refractivity contribution < 1.29 is 9.53 Å². The molecule has 0 spiro atoms. The lowest BCUT2D eigenvalue weighted by atomic mass is 9.98. The Hall–Kier alpha value is -3.39. The zero-order valence-electron chi connectivity index (χ0n) is 16.1. The number of hydrogen-bond acceptors (Lipinski definition) is 5. The predicted molar refractivity (Wildman–Crippen MR) is 111 cm³/mol. The zero-order chi connectivity index (χ0) is 19.8. The Morgan fingerprint density at radius 1 is 1.24 bits per heavy atom. The van der Waals surface area contributed by atoms with Gasteiger partial charge in [-0.1, -0.05) is 0 Å². The number of amides is 1. The van der Waals surface area contributed by atoms with Crippen LogP contribution in [0.25, 0.3) is 16.6 Å². The molecule has 1 amide bonds. The highest BCUT2D eigenvalue weighted by molar-refractivity contribution is 6.09. The van der Waals surface area contributed by atoms with Crippen LogP contribution in [0, 0.1) is 0 Å². The maximum atomic E-state index is 12.8. The molecule has 8 nitrogen and oxygen atoms in total. The van der Waals surface area contributed by atoms with Crippen molar-refractivity contribution >= 4 is 28.1 Å². The molecule has 1 aliphatic rings. The van der Waals surface area contributed by atoms with Crippen molar-refractivity contribution in [2.45, 2.75) is 18.8 Å². The number of pyridine rings is 1. The van der Waals surface area contributed by atoms with E-state index in [2.05, 4.69) is 20.7 Å². The number of nitrogens with zero attached hydrogens (tertiary/aromatic N) is 3. The second kappa shape index (κ2) is 7.21. The molecule has 3 aromatic heterocycles. The summed E-state index contributed by atoms with van der Waals surface area (Å²) in [6.07, 6.45) is 5.48. The van der Waals surface area contributed by atoms with E-state index in [9.17, 15) is 4.79 Å². The van der Waals surface area contributed by atoms with Crippen molar-refractivity contribution in [2.75, 3.05) is 25.5 Å². The number of fused-ring (bicyclic) bond motifs is 2. The summed E-state index contributed by atoms with van der Waals surface area (Å²) in [5.41, 5.74) is 3.79. The van der Waals surface area contributed by atoms with Gasteiger partial charge in [-0.2, -0.15) is 5.10 Å². The quantitative estimate of drug-likeness (QED) is 0.498. The van der Waals surface area contributed by atoms with Crippen molar-refractivity contribution in [1.29, 1.82) is 0 Å². The maximum Gasteiger partial charge on any atom is 0.259 e. The van der Waals surface area contributed by atoms with Crippen LogP contribution in [0.3, 0.4) is 0 Å². The fourth-order valence-electron chi connectivity index (χ4n) is 3.86. The normalized spacial score (nSPS) is 15.1. The lowest BCUT2D eigenvalue weighted by Crippen LogP contribution is -2.27. The molecule has 0 aliphatic carbocycles. The van der Waals surface area contributed by atoms with Crippen LogP contribution in [-0.4, -0.2) is 45.7 Å². The maximum absolute atomic E-state index is 12.8. The number of imidazole rings is 1. The molecule has 4 heterocycles. The molecule has 1 aromatic carbocycles. The van der Waals surface area contributed by atoms with Gasteiger partial charge in [-0.3, -0.25) is 4.79 Å². The SMILES string of the molecule is COc1ccc2c(C(=O)Nc3ccc4nc(C5CCNCC5)[nH]c4c3)cnn2c1. The Bertz CT molecular complexity index is 1190. The minimum atomic E-state index is -0.206. The Labute approximate surface area is 167 Å². The number of ether oxygens (including phenoxy) is 1. The first-order valence-corrected chi connectivity index (χ1v) is 9.74. The monoisotopic (exact) mass is 390 g/mol. The minimum Gasteiger partial charge on any atom is -0.495 e. The molecule has 0 saturated carbocycles. The van der Waals surface area contributed by atoms with Gasteiger partial charge >= 0.3 is 0 Å². The van der Waals surface area contributed by atoms with Crippen LogP contribution in [0.2, 0.25) is 0 Å². The van der Waals surface area contributed by atoms with E-state index in [0.717, 1.165) is 54.0 Å². The van der Waals surface area contributed by atoms with E-state index in [-0.39, 0.29) is 5.91 Å². The van der Waals surface area contributed by atoms with Crippen LogP contribution in [0.15, 0.2) is 42.7 Å². The first kappa shape index (κ1) is 17.7. The number of rotatable bonds is 4. The molecule has 8 heteroatoms. The molecule has 0 unspecified atom stereocenters. The van der Waals surface area contributed by atoms with E-state index in [1.54, 1.807) is 24.0 Å². The average Bonchev–Trinajstić information content (AvgIpc) is 3.37. The highest BCUT2D eigenvalue weighted by Gasteiger charge is 2.19. The summed E-state index contributed by atoms with van der Waals surface area (Å²) >= 11 is 0. The number of anilines is 1. The Kier molecular flexibility index (Phi) is 4.40. The molecule has 29 heavy (non-hydrogen) atoms. The topological polar surface area (TPSA) is 96.3 Å². The van der Waals surface area contributed by atoms with E-state index < -0.39 is 0 Å². The van der Waals surface area contributed by atoms with Gasteiger partial charge in [-0.25, -0.2) is 9.50 Å². The highest BCUT2D eigenvalue weighted by atomic mass is 16.5. The number of benzene rings is 1. The van der Waals surface area contributed by atoms with Crippen molar-refractivity contribution in [3.63, 3.8) is 0 Å². The molecular formula is C21H22N6O2. The smallest absolute Gasteiger partial charge is 0.259 e. The van der Waals surface area contributed by atoms with Crippen molar-refractivity contribution in [1.82, 2.24) is 24.9 Å². The van der Waals surface area contributed by atoms with Crippen molar-refractivity contribution in [3.05, 3.63) is 54.1 Å². The summed E-state index contributed by atoms with van der Waals surface area (Å²) in [7, 11) is 1.60. The summed E-state index contributed by atoms with van der Waals surface area (Å²) in [6.45, 7) is 2.04. The summed E-state index contributed by atoms with van der Waals surface area (Å²) in [5.74, 6) is 1.96. The largest absolute Gasteiger partial charge is 0.495 e. The summed E-state index contributed by atoms with van der Waals surface area (Å²) in [5, 5.41) is 10.6. The lowest BCUT2D eigenvalue weighted by Gasteiger charge is -2.20. The van der Waals surface area contributed by atoms with Crippen LogP contribution in [0.5, 0.6) is 5.75 Å². The zero-order valence-corrected chi connectivity index (χ0v) is 16.1. The van der Waals surface area contributed by atoms with E-state index in [1.807, 2.05) is 30.3 Å². The summed E-state index contributed by atoms with van der Waals surface area (Å²) in [6, 6.07) is 9.38. The molecule has 148 valence electrons. The fourth-order valence-corrected chi connectivity index (χ4v) is 3.86. The van der Waals surface area contributed by atoms with Crippen LogP contribution in [0.1, 0.15) is 34.9 Å². The van der Waals surface area contributed by atoms with Crippen LogP contribution >= 0.6 is 0 Å². The van der Waals surface area contributed by atoms with Gasteiger partial charge in [0.1, 0.15) is 11.6 Å². The third kappa shape index (κ3) is 3.31. The second-order valence-corrected chi connectivity index (χ2v) is 7.29. The van der Waals surface area contributed by atoms with E-state index in [0.29, 0.717) is 17.2 Å². The molecule has 0 atom stereocenters. The molecule has 5 rings (SSSR count). The molecular weight excluding hydrogens is 368 g/mol. The van der Waals surface area contributed by atoms with E-state index in [1.165, 1.54) is 0 Å². The van der Waals surface area contributed by atoms with Crippen LogP contribution in [0.4, 0.5) is 5.69 Å². The van der Waals surface area contributed by atoms with Gasteiger partial charge in [0.05, 0.1) is 41.6 Å². The number of H-pyrrole nitrogens is 1. The Balaban J connectivity index is 1.39. The van der Waals surface area contributed by atoms with Gasteiger partial charge in [0.25, 0.3) is 5.91 Å². The summed E-state index contributed by atoms with van der Waals surface area (Å²) < 4.78 is 6.84. The standard InChI is InChI=1S/C21H22N6O2/c1-29-15-3-5-19-16(11-23-27(19)12-15)21(28)24-14-2-4-17-18(10-14)26-20(25-17)13-6-8-22-9-7-13/h2-5,10-13,22H,6-9H2,1H3,(H,24,28)(H,25,26). The van der Waals surface area contributed by atoms with Crippen LogP contribution < -0.4 is 15.4 Å². The Morgan fingerprint density at radius 3 is 2.93 bits per heavy atom. The van der Waals surface area contributed by atoms with Gasteiger partial charge in [0.2, 0.25) is 0 Å². The fraction of sp³-hybridized carbons (Fsp3) is 0.286. The number of aromatic amines is 1. The molecule has 4 aromatic rings. The number of hydrogen-bond donors (Lipinski definition) is 3. The van der Waals surface area contributed by atoms with E-state index >= 15 is 0 Å². The average molecular weight is 390 g/mol. The minimum absolute atomic E-state index is 0.206. The number of piperidine rings is 1. The molecule has 1 saturated heterocycles. The first-order chi connectivity index (χ1) is 14.2. The lowest BCUT2D eigenvalue weighted by molar-refractivity contribution is 0.102. The number of carbonyl (C=O) groups is 1. The first-order valence-electron chi connectivity index (χ1n) is 9.74. The Morgan fingerprint density at radius 2 is 2.10 bits per heavy atom. The molecule has 0 bridgehead atoms. The number of carbonyl (C=O) groups excluding carboxylic acids is 1. The third-order valence-electron chi connectivity index (χ3n) is 5.45. The number of methoxy groups -OCH3 is 1. The number of nitrogens with one attached hydrogen (secondary N) is 3. The van der Waals surface area contributed by atoms with Gasteiger partial charge in [0.15, 0.2) is 0 Å². The number of aromatic nitrogens is 4. The molecule has 1 fully saturated rings. The molecule has 3 N–H and O–H groups in total. The van der Waals surface area contributed by atoms with Gasteiger partial charge in [-0.15, -0.1) is 0 Å². The molecule has 1 aliphatic heterocycles. The van der Waals surface area contributed by atoms with E-state index in [4.69, 9.17) is 9.72 Å². The summed E-state index contributed by atoms with van der Waals surface area (Å²) in [4.78, 5) is 21.0. The van der Waals surface area contributed by atoms with Gasteiger partial charge in [-0.05, 0) is 56.3 Å². The molecule has 0 radical (unpaired) electrons. The second-order valence-electron chi connectivity index (χ2n) is 7.29.